The molecule has 0 radical (unpaired) electrons. The number of nitrogens with zero attached hydrogens (tertiary/aromatic N) is 4. The largest absolute Gasteiger partial charge is 0.493 e. The summed E-state index contributed by atoms with van der Waals surface area (Å²) < 4.78 is 11.9. The lowest BCUT2D eigenvalue weighted by Gasteiger charge is -2.07. The van der Waals surface area contributed by atoms with Crippen molar-refractivity contribution in [3.05, 3.63) is 52.1 Å². The normalized spacial score (nSPS) is 11.1. The lowest BCUT2D eigenvalue weighted by molar-refractivity contribution is -0.384. The molecule has 10 nitrogen and oxygen atoms in total. The maximum Gasteiger partial charge on any atom is 0.302 e. The van der Waals surface area contributed by atoms with Crippen LogP contribution in [0.3, 0.4) is 0 Å². The zero-order valence-corrected chi connectivity index (χ0v) is 15.9. The highest BCUT2D eigenvalue weighted by Gasteiger charge is 2.20. The number of carbonyl (C=O) groups excluding carboxylic acids is 1. The van der Waals surface area contributed by atoms with Gasteiger partial charge >= 0.3 is 5.91 Å². The quantitative estimate of drug-likeness (QED) is 0.382. The number of azo groups is 1. The molecule has 3 rings (SSSR count). The topological polar surface area (TPSA) is 129 Å². The number of nitro benzene ring substituents is 1. The summed E-state index contributed by atoms with van der Waals surface area (Å²) in [6, 6.07) is 9.50. The van der Waals surface area contributed by atoms with Crippen molar-refractivity contribution >= 4 is 28.2 Å². The molecule has 0 saturated heterocycles. The van der Waals surface area contributed by atoms with Crippen molar-refractivity contribution in [2.24, 2.45) is 17.3 Å². The Morgan fingerprint density at radius 2 is 1.97 bits per heavy atom. The van der Waals surface area contributed by atoms with Crippen LogP contribution >= 0.6 is 0 Å². The standard InChI is InChI=1S/C19H18N4O6/c1-11-8-12(23(26)27)9-13-17(19(25)22(2)18(11)13)21-20-16(24)10-29-15-7-5-4-6-14(15)28-3/h4-9,25H,10H2,1-3H3. The molecule has 0 unspecified atom stereocenters. The number of carbonyl (C=O) groups is 1. The maximum absolute atomic E-state index is 12.1. The number of benzene rings is 2. The third-order valence-corrected chi connectivity index (χ3v) is 4.30. The van der Waals surface area contributed by atoms with E-state index in [4.69, 9.17) is 9.47 Å². The highest BCUT2D eigenvalue weighted by molar-refractivity contribution is 5.98. The molecule has 1 N–H and O–H groups in total. The maximum atomic E-state index is 12.1. The van der Waals surface area contributed by atoms with Gasteiger partial charge in [0.05, 0.1) is 17.5 Å². The number of fused-ring (bicyclic) bond motifs is 1. The van der Waals surface area contributed by atoms with E-state index in [1.165, 1.54) is 23.8 Å². The van der Waals surface area contributed by atoms with Gasteiger partial charge in [-0.05, 0) is 24.6 Å². The van der Waals surface area contributed by atoms with E-state index < -0.39 is 17.4 Å². The van der Waals surface area contributed by atoms with E-state index in [0.717, 1.165) is 0 Å². The van der Waals surface area contributed by atoms with E-state index in [1.54, 1.807) is 38.2 Å². The van der Waals surface area contributed by atoms with Gasteiger partial charge in [0, 0.05) is 24.6 Å². The summed E-state index contributed by atoms with van der Waals surface area (Å²) in [4.78, 5) is 22.7. The first kappa shape index (κ1) is 19.8. The molecule has 1 amide bonds. The molecule has 0 bridgehead atoms. The molecule has 0 atom stereocenters. The Labute approximate surface area is 165 Å². The number of ether oxygens (including phenoxy) is 2. The molecule has 0 spiro atoms. The summed E-state index contributed by atoms with van der Waals surface area (Å²) in [5.41, 5.74) is 0.960. The lowest BCUT2D eigenvalue weighted by atomic mass is 10.1. The number of rotatable bonds is 6. The molecule has 29 heavy (non-hydrogen) atoms. The monoisotopic (exact) mass is 398 g/mol. The average Bonchev–Trinajstić information content (AvgIpc) is 2.95. The molecule has 10 heteroatoms. The highest BCUT2D eigenvalue weighted by Crippen LogP contribution is 2.41. The van der Waals surface area contributed by atoms with E-state index >= 15 is 0 Å². The fourth-order valence-electron chi connectivity index (χ4n) is 2.99. The first-order valence-electron chi connectivity index (χ1n) is 8.50. The van der Waals surface area contributed by atoms with Gasteiger partial charge < -0.3 is 19.1 Å². The van der Waals surface area contributed by atoms with Crippen LogP contribution in [0.15, 0.2) is 46.6 Å². The van der Waals surface area contributed by atoms with Crippen molar-refractivity contribution in [1.29, 1.82) is 0 Å². The van der Waals surface area contributed by atoms with Crippen LogP contribution in [0, 0.1) is 17.0 Å². The molecule has 3 aromatic rings. The number of hydrogen-bond donors (Lipinski definition) is 1. The Hall–Kier alpha value is -3.95. The smallest absolute Gasteiger partial charge is 0.302 e. The van der Waals surface area contributed by atoms with Crippen LogP contribution in [0.25, 0.3) is 10.9 Å². The SMILES string of the molecule is COc1ccccc1OCC(=O)N=Nc1c(O)n(C)c2c(C)cc([N+](=O)[O-])cc12. The van der Waals surface area contributed by atoms with Gasteiger partial charge in [-0.25, -0.2) is 0 Å². The minimum atomic E-state index is -0.700. The molecule has 1 heterocycles. The zero-order chi connectivity index (χ0) is 21.1. The summed E-state index contributed by atoms with van der Waals surface area (Å²) >= 11 is 0. The molecular formula is C19H18N4O6. The van der Waals surface area contributed by atoms with Gasteiger partial charge in [-0.2, -0.15) is 0 Å². The van der Waals surface area contributed by atoms with Gasteiger partial charge in [0.15, 0.2) is 23.8 Å². The Morgan fingerprint density at radius 3 is 2.62 bits per heavy atom. The third-order valence-electron chi connectivity index (χ3n) is 4.30. The number of aromatic nitrogens is 1. The number of methoxy groups -OCH3 is 1. The van der Waals surface area contributed by atoms with E-state index in [0.29, 0.717) is 28.0 Å². The third kappa shape index (κ3) is 3.86. The van der Waals surface area contributed by atoms with Crippen LogP contribution in [0.1, 0.15) is 5.56 Å². The zero-order valence-electron chi connectivity index (χ0n) is 15.9. The van der Waals surface area contributed by atoms with E-state index in [-0.39, 0.29) is 17.3 Å². The van der Waals surface area contributed by atoms with Gasteiger partial charge in [0.1, 0.15) is 0 Å². The van der Waals surface area contributed by atoms with Crippen molar-refractivity contribution in [3.8, 4) is 17.4 Å². The summed E-state index contributed by atoms with van der Waals surface area (Å²) in [6.45, 7) is 1.29. The van der Waals surface area contributed by atoms with Crippen LogP contribution < -0.4 is 9.47 Å². The van der Waals surface area contributed by atoms with Crippen molar-refractivity contribution in [3.63, 3.8) is 0 Å². The first-order chi connectivity index (χ1) is 13.8. The van der Waals surface area contributed by atoms with Crippen molar-refractivity contribution in [1.82, 2.24) is 4.57 Å². The molecule has 1 aromatic heterocycles. The Bertz CT molecular complexity index is 1140. The summed E-state index contributed by atoms with van der Waals surface area (Å²) in [5.74, 6) is -0.121. The van der Waals surface area contributed by atoms with Gasteiger partial charge in [0.2, 0.25) is 5.88 Å². The minimum Gasteiger partial charge on any atom is -0.493 e. The number of para-hydroxylation sites is 2. The van der Waals surface area contributed by atoms with E-state index in [1.807, 2.05) is 0 Å². The molecule has 0 fully saturated rings. The van der Waals surface area contributed by atoms with Gasteiger partial charge in [0.25, 0.3) is 5.69 Å². The molecule has 0 aliphatic carbocycles. The van der Waals surface area contributed by atoms with E-state index in [9.17, 15) is 20.0 Å². The minimum absolute atomic E-state index is 0.0278. The fraction of sp³-hybridized carbons (Fsp3) is 0.211. The van der Waals surface area contributed by atoms with Crippen LogP contribution in [0.4, 0.5) is 11.4 Å². The van der Waals surface area contributed by atoms with Gasteiger partial charge in [-0.15, -0.1) is 10.2 Å². The molecule has 0 aliphatic heterocycles. The summed E-state index contributed by atoms with van der Waals surface area (Å²) in [6.07, 6.45) is 0. The number of hydrogen-bond acceptors (Lipinski definition) is 7. The number of amides is 1. The number of aryl methyl sites for hydroxylation is 2. The molecule has 0 aliphatic rings. The summed E-state index contributed by atoms with van der Waals surface area (Å²) in [7, 11) is 3.07. The van der Waals surface area contributed by atoms with Crippen LogP contribution in [0.5, 0.6) is 17.4 Å². The van der Waals surface area contributed by atoms with Crippen molar-refractivity contribution in [2.75, 3.05) is 13.7 Å². The Morgan fingerprint density at radius 1 is 1.28 bits per heavy atom. The van der Waals surface area contributed by atoms with Crippen LogP contribution in [0.2, 0.25) is 0 Å². The second-order valence-electron chi connectivity index (χ2n) is 6.18. The number of aromatic hydroxyl groups is 1. The number of non-ortho nitro benzene ring substituents is 1. The average molecular weight is 398 g/mol. The predicted molar refractivity (Wildman–Crippen MR) is 104 cm³/mol. The van der Waals surface area contributed by atoms with E-state index in [2.05, 4.69) is 10.2 Å². The fourth-order valence-corrected chi connectivity index (χ4v) is 2.99. The Balaban J connectivity index is 1.87. The highest BCUT2D eigenvalue weighted by atomic mass is 16.6. The van der Waals surface area contributed by atoms with Gasteiger partial charge in [-0.3, -0.25) is 14.9 Å². The molecular weight excluding hydrogens is 380 g/mol. The molecule has 2 aromatic carbocycles. The van der Waals surface area contributed by atoms with Gasteiger partial charge in [-0.1, -0.05) is 12.1 Å². The second-order valence-corrected chi connectivity index (χ2v) is 6.18. The lowest BCUT2D eigenvalue weighted by Crippen LogP contribution is -2.08. The number of nitro groups is 1. The van der Waals surface area contributed by atoms with Crippen molar-refractivity contribution in [2.45, 2.75) is 6.92 Å². The predicted octanol–water partition coefficient (Wildman–Crippen LogP) is 3.80. The summed E-state index contributed by atoms with van der Waals surface area (Å²) in [5, 5.41) is 29.2. The van der Waals surface area contributed by atoms with Crippen LogP contribution in [-0.4, -0.2) is 34.2 Å². The first-order valence-corrected chi connectivity index (χ1v) is 8.50. The van der Waals surface area contributed by atoms with Crippen LogP contribution in [-0.2, 0) is 11.8 Å². The molecule has 150 valence electrons. The molecule has 0 saturated carbocycles. The Kier molecular flexibility index (Phi) is 5.44. The second kappa shape index (κ2) is 7.97. The van der Waals surface area contributed by atoms with Crippen molar-refractivity contribution < 1.29 is 24.3 Å².